The third-order valence-corrected chi connectivity index (χ3v) is 6.84. The van der Waals surface area contributed by atoms with E-state index in [2.05, 4.69) is 15.3 Å². The van der Waals surface area contributed by atoms with Crippen molar-refractivity contribution in [2.75, 3.05) is 11.9 Å². The Morgan fingerprint density at radius 1 is 0.943 bits per heavy atom. The highest BCUT2D eigenvalue weighted by Crippen LogP contribution is 2.36. The van der Waals surface area contributed by atoms with E-state index < -0.39 is 11.9 Å². The van der Waals surface area contributed by atoms with Crippen molar-refractivity contribution >= 4 is 33.4 Å². The summed E-state index contributed by atoms with van der Waals surface area (Å²) in [5.74, 6) is -0.129. The van der Waals surface area contributed by atoms with Crippen LogP contribution in [-0.2, 0) is 6.18 Å². The van der Waals surface area contributed by atoms with E-state index in [1.165, 1.54) is 0 Å². The quantitative estimate of drug-likeness (QED) is 0.392. The smallest absolute Gasteiger partial charge is 0.371 e. The second-order valence-electron chi connectivity index (χ2n) is 9.01. The Morgan fingerprint density at radius 3 is 2.31 bits per heavy atom. The van der Waals surface area contributed by atoms with Gasteiger partial charge >= 0.3 is 6.18 Å². The summed E-state index contributed by atoms with van der Waals surface area (Å²) in [4.78, 5) is 23.1. The molecule has 2 aromatic carbocycles. The number of nitrogens with zero attached hydrogens (tertiary/aromatic N) is 3. The maximum atomic E-state index is 13.5. The number of alkyl halides is 3. The topological polar surface area (TPSA) is 58.1 Å². The maximum absolute atomic E-state index is 13.5. The highest BCUT2D eigenvalue weighted by Gasteiger charge is 2.34. The Bertz CT molecular complexity index is 1370. The molecule has 0 unspecified atom stereocenters. The molecule has 0 aliphatic heterocycles. The molecule has 0 spiro atoms. The van der Waals surface area contributed by atoms with Gasteiger partial charge in [0.25, 0.3) is 5.91 Å². The monoisotopic (exact) mass is 478 g/mol. The van der Waals surface area contributed by atoms with Crippen LogP contribution in [0, 0.1) is 0 Å². The fourth-order valence-electron chi connectivity index (χ4n) is 4.96. The number of nitrogens with one attached hydrogen (secondary N) is 1. The van der Waals surface area contributed by atoms with Crippen molar-refractivity contribution in [1.29, 1.82) is 0 Å². The third-order valence-electron chi connectivity index (χ3n) is 6.84. The van der Waals surface area contributed by atoms with E-state index in [0.29, 0.717) is 22.2 Å². The van der Waals surface area contributed by atoms with Gasteiger partial charge < -0.3 is 10.2 Å². The van der Waals surface area contributed by atoms with Gasteiger partial charge in [-0.3, -0.25) is 9.78 Å². The summed E-state index contributed by atoms with van der Waals surface area (Å²) >= 11 is 0. The number of amides is 1. The largest absolute Gasteiger partial charge is 0.433 e. The predicted molar refractivity (Wildman–Crippen MR) is 130 cm³/mol. The number of pyridine rings is 2. The lowest BCUT2D eigenvalue weighted by atomic mass is 9.89. The molecule has 1 amide bonds. The fraction of sp³-hybridized carbons (Fsp3) is 0.296. The minimum Gasteiger partial charge on any atom is -0.371 e. The number of halogens is 3. The van der Waals surface area contributed by atoms with Crippen LogP contribution in [0.1, 0.15) is 41.7 Å². The zero-order valence-corrected chi connectivity index (χ0v) is 19.2. The molecule has 0 saturated heterocycles. The van der Waals surface area contributed by atoms with Crippen molar-refractivity contribution in [2.45, 2.75) is 43.9 Å². The van der Waals surface area contributed by atoms with E-state index in [0.717, 1.165) is 42.7 Å². The van der Waals surface area contributed by atoms with Gasteiger partial charge in [0.1, 0.15) is 5.69 Å². The van der Waals surface area contributed by atoms with E-state index in [1.807, 2.05) is 42.3 Å². The van der Waals surface area contributed by atoms with Crippen LogP contribution < -0.4 is 10.2 Å². The molecule has 0 bridgehead atoms. The molecule has 1 fully saturated rings. The van der Waals surface area contributed by atoms with Gasteiger partial charge in [-0.1, -0.05) is 36.4 Å². The lowest BCUT2D eigenvalue weighted by Crippen LogP contribution is -2.43. The van der Waals surface area contributed by atoms with Crippen molar-refractivity contribution < 1.29 is 18.0 Å². The van der Waals surface area contributed by atoms with E-state index in [9.17, 15) is 18.0 Å². The molecule has 4 aromatic rings. The number of hydrogen-bond acceptors (Lipinski definition) is 4. The molecular weight excluding hydrogens is 453 g/mol. The number of aromatic nitrogens is 2. The summed E-state index contributed by atoms with van der Waals surface area (Å²) in [7, 11) is 1.84. The minimum absolute atomic E-state index is 0.0130. The van der Waals surface area contributed by atoms with E-state index in [4.69, 9.17) is 0 Å². The number of anilines is 1. The van der Waals surface area contributed by atoms with Crippen molar-refractivity contribution in [3.05, 3.63) is 78.1 Å². The zero-order valence-electron chi connectivity index (χ0n) is 19.2. The highest BCUT2D eigenvalue weighted by atomic mass is 19.4. The molecule has 1 aliphatic carbocycles. The molecule has 1 saturated carbocycles. The number of carbonyl (C=O) groups is 1. The molecule has 1 aliphatic rings. The van der Waals surface area contributed by atoms with Gasteiger partial charge in [0.15, 0.2) is 0 Å². The highest BCUT2D eigenvalue weighted by molar-refractivity contribution is 6.06. The summed E-state index contributed by atoms with van der Waals surface area (Å²) < 4.78 is 40.5. The summed E-state index contributed by atoms with van der Waals surface area (Å²) in [6.45, 7) is 0. The average molecular weight is 479 g/mol. The normalized spacial score (nSPS) is 18.5. The van der Waals surface area contributed by atoms with E-state index in [1.54, 1.807) is 30.5 Å². The van der Waals surface area contributed by atoms with Crippen LogP contribution in [0.4, 0.5) is 18.9 Å². The van der Waals surface area contributed by atoms with Gasteiger partial charge in [-0.2, -0.15) is 13.2 Å². The molecule has 2 aromatic heterocycles. The number of benzene rings is 2. The van der Waals surface area contributed by atoms with Crippen LogP contribution >= 0.6 is 0 Å². The second-order valence-corrected chi connectivity index (χ2v) is 9.01. The van der Waals surface area contributed by atoms with Gasteiger partial charge in [-0.25, -0.2) is 4.98 Å². The number of carbonyl (C=O) groups excluding carboxylic acids is 1. The van der Waals surface area contributed by atoms with Gasteiger partial charge in [-0.05, 0) is 49.9 Å². The lowest BCUT2D eigenvalue weighted by molar-refractivity contribution is -0.140. The van der Waals surface area contributed by atoms with Gasteiger partial charge in [0, 0.05) is 41.8 Å². The average Bonchev–Trinajstić information content (AvgIpc) is 2.87. The molecule has 35 heavy (non-hydrogen) atoms. The van der Waals surface area contributed by atoms with Gasteiger partial charge in [-0.15, -0.1) is 0 Å². The number of hydrogen-bond donors (Lipinski definition) is 1. The first kappa shape index (κ1) is 23.1. The SMILES string of the molecule is CN(c1cc(C(F)(F)F)nc2ccccc12)C1CCC(NC(=O)c2ccnc3ccccc23)CC1. The summed E-state index contributed by atoms with van der Waals surface area (Å²) in [6, 6.07) is 17.4. The first-order valence-corrected chi connectivity index (χ1v) is 11.7. The summed E-state index contributed by atoms with van der Waals surface area (Å²) in [6.07, 6.45) is 0.140. The summed E-state index contributed by atoms with van der Waals surface area (Å²) in [5, 5.41) is 4.65. The lowest BCUT2D eigenvalue weighted by Gasteiger charge is -2.37. The molecule has 0 radical (unpaired) electrons. The third kappa shape index (κ3) is 4.65. The Kier molecular flexibility index (Phi) is 6.05. The molecule has 5 nitrogen and oxygen atoms in total. The standard InChI is InChI=1S/C27H25F3N4O/c1-34(24-16-25(27(28,29)30)33-23-9-5-3-7-21(23)24)18-12-10-17(11-13-18)32-26(35)20-14-15-31-22-8-4-2-6-19(20)22/h2-9,14-18H,10-13H2,1H3,(H,32,35). The number of rotatable bonds is 4. The first-order chi connectivity index (χ1) is 16.8. The fourth-order valence-corrected chi connectivity index (χ4v) is 4.96. The molecule has 8 heteroatoms. The van der Waals surface area contributed by atoms with Crippen LogP contribution in [-0.4, -0.2) is 35.0 Å². The molecule has 0 atom stereocenters. The summed E-state index contributed by atoms with van der Waals surface area (Å²) in [5.41, 5.74) is 1.34. The Balaban J connectivity index is 1.30. The molecule has 180 valence electrons. The number of para-hydroxylation sites is 2. The van der Waals surface area contributed by atoms with Crippen LogP contribution in [0.3, 0.4) is 0 Å². The Labute approximate surface area is 201 Å². The zero-order chi connectivity index (χ0) is 24.6. The van der Waals surface area contributed by atoms with Crippen LogP contribution in [0.2, 0.25) is 0 Å². The van der Waals surface area contributed by atoms with E-state index in [-0.39, 0.29) is 18.0 Å². The predicted octanol–water partition coefficient (Wildman–Crippen LogP) is 5.98. The molecule has 5 rings (SSSR count). The van der Waals surface area contributed by atoms with Crippen molar-refractivity contribution in [3.8, 4) is 0 Å². The van der Waals surface area contributed by atoms with Crippen LogP contribution in [0.25, 0.3) is 21.8 Å². The van der Waals surface area contributed by atoms with Gasteiger partial charge in [0.2, 0.25) is 0 Å². The van der Waals surface area contributed by atoms with Crippen LogP contribution in [0.15, 0.2) is 66.9 Å². The van der Waals surface area contributed by atoms with Crippen molar-refractivity contribution in [3.63, 3.8) is 0 Å². The van der Waals surface area contributed by atoms with Gasteiger partial charge in [0.05, 0.1) is 16.6 Å². The second kappa shape index (κ2) is 9.17. The minimum atomic E-state index is -4.52. The molecule has 1 N–H and O–H groups in total. The Morgan fingerprint density at radius 2 is 1.60 bits per heavy atom. The van der Waals surface area contributed by atoms with Crippen molar-refractivity contribution in [2.24, 2.45) is 0 Å². The van der Waals surface area contributed by atoms with Crippen molar-refractivity contribution in [1.82, 2.24) is 15.3 Å². The Hall–Kier alpha value is -3.68. The first-order valence-electron chi connectivity index (χ1n) is 11.7. The number of fused-ring (bicyclic) bond motifs is 2. The van der Waals surface area contributed by atoms with Crippen LogP contribution in [0.5, 0.6) is 0 Å². The molecule has 2 heterocycles. The van der Waals surface area contributed by atoms with E-state index >= 15 is 0 Å². The molecular formula is C27H25F3N4O. The maximum Gasteiger partial charge on any atom is 0.433 e.